The predicted octanol–water partition coefficient (Wildman–Crippen LogP) is 2.80. The summed E-state index contributed by atoms with van der Waals surface area (Å²) < 4.78 is 5.76. The Kier molecular flexibility index (Phi) is 3.05. The lowest BCUT2D eigenvalue weighted by Crippen LogP contribution is -2.03. The zero-order valence-corrected chi connectivity index (χ0v) is 9.13. The van der Waals surface area contributed by atoms with Crippen LogP contribution in [0.5, 0.6) is 5.75 Å². The zero-order valence-electron chi connectivity index (χ0n) is 9.13. The molecule has 0 spiro atoms. The fraction of sp³-hybridized carbons (Fsp3) is 0.154. The van der Waals surface area contributed by atoms with Gasteiger partial charge in [-0.25, -0.2) is 4.98 Å². The first kappa shape index (κ1) is 10.5. The molecule has 82 valence electrons. The summed E-state index contributed by atoms with van der Waals surface area (Å²) in [5.41, 5.74) is 6.72. The van der Waals surface area contributed by atoms with Crippen molar-refractivity contribution in [3.63, 3.8) is 0 Å². The molecule has 0 amide bonds. The predicted molar refractivity (Wildman–Crippen MR) is 64.1 cm³/mol. The minimum absolute atomic E-state index is 0.00278. The smallest absolute Gasteiger partial charge is 0.126 e. The molecule has 0 bridgehead atoms. The van der Waals surface area contributed by atoms with Crippen LogP contribution in [0.3, 0.4) is 0 Å². The van der Waals surface area contributed by atoms with E-state index in [2.05, 4.69) is 4.98 Å². The number of anilines is 1. The molecule has 16 heavy (non-hydrogen) atoms. The summed E-state index contributed by atoms with van der Waals surface area (Å²) in [5, 5.41) is 0. The van der Waals surface area contributed by atoms with Gasteiger partial charge in [0.2, 0.25) is 0 Å². The van der Waals surface area contributed by atoms with Crippen molar-refractivity contribution < 1.29 is 4.74 Å². The molecule has 1 atom stereocenters. The molecule has 2 rings (SSSR count). The van der Waals surface area contributed by atoms with Crippen LogP contribution in [-0.4, -0.2) is 4.98 Å². The third kappa shape index (κ3) is 2.51. The van der Waals surface area contributed by atoms with E-state index in [9.17, 15) is 0 Å². The van der Waals surface area contributed by atoms with Gasteiger partial charge in [-0.15, -0.1) is 0 Å². The number of nitrogens with zero attached hydrogens (tertiary/aromatic N) is 1. The highest BCUT2D eigenvalue weighted by Gasteiger charge is 2.06. The van der Waals surface area contributed by atoms with E-state index < -0.39 is 0 Å². The summed E-state index contributed by atoms with van der Waals surface area (Å²) in [6, 6.07) is 13.6. The van der Waals surface area contributed by atoms with Crippen LogP contribution in [0.2, 0.25) is 0 Å². The van der Waals surface area contributed by atoms with Crippen molar-refractivity contribution in [3.05, 3.63) is 54.2 Å². The van der Waals surface area contributed by atoms with Gasteiger partial charge in [-0.2, -0.15) is 0 Å². The summed E-state index contributed by atoms with van der Waals surface area (Å²) in [5.74, 6) is 1.21. The number of hydrogen-bond donors (Lipinski definition) is 1. The maximum atomic E-state index is 5.76. The van der Waals surface area contributed by atoms with Crippen molar-refractivity contribution in [1.29, 1.82) is 0 Å². The Morgan fingerprint density at radius 2 is 1.94 bits per heavy atom. The first-order valence-electron chi connectivity index (χ1n) is 5.19. The Hall–Kier alpha value is -2.03. The minimum Gasteiger partial charge on any atom is -0.486 e. The van der Waals surface area contributed by atoms with Gasteiger partial charge in [-0.3, -0.25) is 0 Å². The molecule has 3 heteroatoms. The van der Waals surface area contributed by atoms with Crippen LogP contribution >= 0.6 is 0 Å². The molecular weight excluding hydrogens is 200 g/mol. The largest absolute Gasteiger partial charge is 0.486 e. The van der Waals surface area contributed by atoms with E-state index in [0.29, 0.717) is 5.82 Å². The lowest BCUT2D eigenvalue weighted by atomic mass is 10.1. The highest BCUT2D eigenvalue weighted by Crippen LogP contribution is 2.21. The number of aromatic nitrogens is 1. The maximum absolute atomic E-state index is 5.76. The standard InChI is InChI=1S/C13H14N2O/c1-10(11-5-3-2-4-6-11)16-12-7-8-15-13(14)9-12/h2-10H,1H3,(H2,14,15)/t10-/m0/s1. The van der Waals surface area contributed by atoms with Crippen LogP contribution in [-0.2, 0) is 0 Å². The van der Waals surface area contributed by atoms with Crippen LogP contribution in [0.4, 0.5) is 5.82 Å². The Bertz CT molecular complexity index is 456. The number of pyridine rings is 1. The molecule has 1 aromatic heterocycles. The summed E-state index contributed by atoms with van der Waals surface area (Å²) in [7, 11) is 0. The molecule has 0 aliphatic carbocycles. The average molecular weight is 214 g/mol. The van der Waals surface area contributed by atoms with Gasteiger partial charge in [-0.05, 0) is 18.6 Å². The molecule has 1 aromatic carbocycles. The van der Waals surface area contributed by atoms with Crippen molar-refractivity contribution in [2.75, 3.05) is 5.73 Å². The molecule has 0 aliphatic heterocycles. The fourth-order valence-electron chi connectivity index (χ4n) is 1.50. The monoisotopic (exact) mass is 214 g/mol. The molecule has 2 N–H and O–H groups in total. The van der Waals surface area contributed by atoms with E-state index in [1.165, 1.54) is 0 Å². The van der Waals surface area contributed by atoms with Gasteiger partial charge in [0.1, 0.15) is 17.7 Å². The van der Waals surface area contributed by atoms with Gasteiger partial charge in [-0.1, -0.05) is 30.3 Å². The Morgan fingerprint density at radius 3 is 2.62 bits per heavy atom. The molecule has 0 aliphatic rings. The van der Waals surface area contributed by atoms with Gasteiger partial charge >= 0.3 is 0 Å². The van der Waals surface area contributed by atoms with Crippen molar-refractivity contribution in [2.24, 2.45) is 0 Å². The Morgan fingerprint density at radius 1 is 1.19 bits per heavy atom. The zero-order chi connectivity index (χ0) is 11.4. The summed E-state index contributed by atoms with van der Waals surface area (Å²) in [4.78, 5) is 3.92. The van der Waals surface area contributed by atoms with Crippen molar-refractivity contribution in [1.82, 2.24) is 4.98 Å². The van der Waals surface area contributed by atoms with Crippen LogP contribution in [0.1, 0.15) is 18.6 Å². The fourth-order valence-corrected chi connectivity index (χ4v) is 1.50. The van der Waals surface area contributed by atoms with Gasteiger partial charge in [0, 0.05) is 12.3 Å². The quantitative estimate of drug-likeness (QED) is 0.854. The van der Waals surface area contributed by atoms with Gasteiger partial charge in [0.15, 0.2) is 0 Å². The van der Waals surface area contributed by atoms with E-state index in [1.54, 1.807) is 18.3 Å². The maximum Gasteiger partial charge on any atom is 0.126 e. The molecule has 0 unspecified atom stereocenters. The normalized spacial score (nSPS) is 12.1. The molecule has 0 fully saturated rings. The van der Waals surface area contributed by atoms with Gasteiger partial charge < -0.3 is 10.5 Å². The lowest BCUT2D eigenvalue weighted by Gasteiger charge is -2.14. The minimum atomic E-state index is 0.00278. The Balaban J connectivity index is 2.11. The molecule has 0 radical (unpaired) electrons. The SMILES string of the molecule is C[C@H](Oc1ccnc(N)c1)c1ccccc1. The number of hydrogen-bond acceptors (Lipinski definition) is 3. The van der Waals surface area contributed by atoms with Crippen molar-refractivity contribution >= 4 is 5.82 Å². The number of benzene rings is 1. The Labute approximate surface area is 94.9 Å². The third-order valence-corrected chi connectivity index (χ3v) is 2.33. The average Bonchev–Trinajstić information content (AvgIpc) is 2.30. The summed E-state index contributed by atoms with van der Waals surface area (Å²) in [6.45, 7) is 2.01. The highest BCUT2D eigenvalue weighted by atomic mass is 16.5. The van der Waals surface area contributed by atoms with Crippen molar-refractivity contribution in [3.8, 4) is 5.75 Å². The van der Waals surface area contributed by atoms with Crippen molar-refractivity contribution in [2.45, 2.75) is 13.0 Å². The van der Waals surface area contributed by atoms with Crippen LogP contribution in [0.25, 0.3) is 0 Å². The molecule has 2 aromatic rings. The second kappa shape index (κ2) is 4.66. The van der Waals surface area contributed by atoms with E-state index >= 15 is 0 Å². The molecular formula is C13H14N2O. The lowest BCUT2D eigenvalue weighted by molar-refractivity contribution is 0.227. The third-order valence-electron chi connectivity index (χ3n) is 2.33. The van der Waals surface area contributed by atoms with E-state index in [1.807, 2.05) is 37.3 Å². The molecule has 3 nitrogen and oxygen atoms in total. The summed E-state index contributed by atoms with van der Waals surface area (Å²) in [6.07, 6.45) is 1.64. The van der Waals surface area contributed by atoms with Crippen LogP contribution in [0, 0.1) is 0 Å². The first-order valence-corrected chi connectivity index (χ1v) is 5.19. The number of rotatable bonds is 3. The molecule has 0 saturated carbocycles. The topological polar surface area (TPSA) is 48.1 Å². The number of ether oxygens (including phenoxy) is 1. The van der Waals surface area contributed by atoms with Gasteiger partial charge in [0.05, 0.1) is 0 Å². The second-order valence-electron chi connectivity index (χ2n) is 3.59. The highest BCUT2D eigenvalue weighted by molar-refractivity contribution is 5.36. The summed E-state index contributed by atoms with van der Waals surface area (Å²) >= 11 is 0. The van der Waals surface area contributed by atoms with E-state index in [0.717, 1.165) is 11.3 Å². The van der Waals surface area contributed by atoms with Crippen LogP contribution < -0.4 is 10.5 Å². The van der Waals surface area contributed by atoms with Crippen LogP contribution in [0.15, 0.2) is 48.7 Å². The molecule has 1 heterocycles. The van der Waals surface area contributed by atoms with E-state index in [-0.39, 0.29) is 6.10 Å². The number of nitrogens with two attached hydrogens (primary N) is 1. The molecule has 0 saturated heterocycles. The second-order valence-corrected chi connectivity index (χ2v) is 3.59. The first-order chi connectivity index (χ1) is 7.75. The van der Waals surface area contributed by atoms with Gasteiger partial charge in [0.25, 0.3) is 0 Å². The number of nitrogen functional groups attached to an aromatic ring is 1. The van der Waals surface area contributed by atoms with E-state index in [4.69, 9.17) is 10.5 Å².